The predicted molar refractivity (Wildman–Crippen MR) is 490 cm³/mol. The summed E-state index contributed by atoms with van der Waals surface area (Å²) in [5.41, 5.74) is 7.81. The number of hydrogen-bond donors (Lipinski definition) is 1. The van der Waals surface area contributed by atoms with Gasteiger partial charge in [0.2, 0.25) is 5.91 Å². The monoisotopic (exact) mass is 1970 g/mol. The Morgan fingerprint density at radius 1 is 0.331 bits per heavy atom. The summed E-state index contributed by atoms with van der Waals surface area (Å²) in [6, 6.07) is 64.9. The van der Waals surface area contributed by atoms with E-state index >= 15 is 0 Å². The van der Waals surface area contributed by atoms with Gasteiger partial charge in [-0.05, 0) is 201 Å². The average Bonchev–Trinajstić information content (AvgIpc) is 0.814. The molecule has 19 nitrogen and oxygen atoms in total. The molecule has 0 aliphatic heterocycles. The number of nitro groups is 5. The molecule has 0 aromatic heterocycles. The van der Waals surface area contributed by atoms with Crippen LogP contribution in [0, 0.1) is 71.3 Å². The van der Waals surface area contributed by atoms with Gasteiger partial charge in [0.1, 0.15) is 0 Å². The zero-order valence-corrected chi connectivity index (χ0v) is 75.9. The van der Waals surface area contributed by atoms with E-state index in [1.165, 1.54) is 114 Å². The van der Waals surface area contributed by atoms with Crippen LogP contribution in [-0.4, -0.2) is 42.1 Å². The number of nitro benzene ring substituents is 5. The van der Waals surface area contributed by atoms with E-state index in [1.54, 1.807) is 153 Å². The number of carbonyl (C=O) groups excluding carboxylic acids is 3. The first kappa shape index (κ1) is 96.7. The molecule has 0 atom stereocenters. The lowest BCUT2D eigenvalue weighted by atomic mass is 9.93. The first-order valence-corrected chi connectivity index (χ1v) is 44.3. The molecule has 0 bridgehead atoms. The molecule has 0 saturated carbocycles. The maximum Gasteiger partial charge on any atom is 0.416 e. The number of Topliss-reactive ketones (excluding diaryl/α,β-unsaturated/α-hetero) is 1. The third-order valence-corrected chi connectivity index (χ3v) is 27.9. The van der Waals surface area contributed by atoms with Crippen LogP contribution in [0.2, 0.25) is 45.2 Å². The van der Waals surface area contributed by atoms with E-state index in [0.29, 0.717) is 105 Å². The highest BCUT2D eigenvalue weighted by atomic mass is 35.5. The Bertz CT molecular complexity index is 6390. The minimum Gasteiger partial charge on any atom is -0.366 e. The highest BCUT2D eigenvalue weighted by Crippen LogP contribution is 2.47. The van der Waals surface area contributed by atoms with Crippen LogP contribution in [-0.2, 0) is 12.6 Å². The Morgan fingerprint density at radius 3 is 1.06 bits per heavy atom. The fraction of sp³-hybridized carbons (Fsp3) is 0.0581. The molecule has 124 heavy (non-hydrogen) atoms. The van der Waals surface area contributed by atoms with Crippen LogP contribution in [0.4, 0.5) is 41.6 Å². The second kappa shape index (κ2) is 44.1. The van der Waals surface area contributed by atoms with Crippen LogP contribution in [0.1, 0.15) is 64.5 Å². The Labute approximate surface area is 779 Å². The first-order valence-electron chi connectivity index (χ1n) is 35.2. The predicted octanol–water partition coefficient (Wildman–Crippen LogP) is 30.9. The first-order chi connectivity index (χ1) is 58.7. The number of benzene rings is 13. The molecule has 0 unspecified atom stereocenters. The third kappa shape index (κ3) is 26.8. The zero-order valence-electron chi connectivity index (χ0n) is 63.4. The molecular weight excluding hydrogens is 1930 g/mol. The summed E-state index contributed by atoms with van der Waals surface area (Å²) in [5.74, 6) is -1.50. The Kier molecular flexibility index (Phi) is 34.4. The van der Waals surface area contributed by atoms with Gasteiger partial charge in [0, 0.05) is 119 Å². The van der Waals surface area contributed by atoms with Crippen molar-refractivity contribution < 1.29 is 52.2 Å². The van der Waals surface area contributed by atoms with Crippen LogP contribution in [0.15, 0.2) is 317 Å². The second-order valence-electron chi connectivity index (χ2n) is 25.8. The van der Waals surface area contributed by atoms with E-state index in [9.17, 15) is 78.1 Å². The van der Waals surface area contributed by atoms with E-state index in [2.05, 4.69) is 0 Å². The summed E-state index contributed by atoms with van der Waals surface area (Å²) in [4.78, 5) is 102. The molecule has 13 aromatic carbocycles. The van der Waals surface area contributed by atoms with Crippen molar-refractivity contribution in [3.8, 4) is 0 Å². The van der Waals surface area contributed by atoms with Crippen molar-refractivity contribution in [1.82, 2.24) is 0 Å². The van der Waals surface area contributed by atoms with Crippen molar-refractivity contribution in [2.24, 2.45) is 5.73 Å². The number of rotatable bonds is 25. The van der Waals surface area contributed by atoms with Crippen molar-refractivity contribution in [2.45, 2.75) is 102 Å². The second-order valence-corrected chi connectivity index (χ2v) is 37.3. The molecule has 0 heterocycles. The molecule has 0 radical (unpaired) electrons. The smallest absolute Gasteiger partial charge is 0.366 e. The van der Waals surface area contributed by atoms with E-state index in [1.807, 2.05) is 38.1 Å². The Morgan fingerprint density at radius 2 is 0.677 bits per heavy atom. The lowest BCUT2D eigenvalue weighted by Gasteiger charge is -2.12. The van der Waals surface area contributed by atoms with Gasteiger partial charge in [0.25, 0.3) is 28.4 Å². The highest BCUT2D eigenvalue weighted by molar-refractivity contribution is 8.01. The third-order valence-electron chi connectivity index (χ3n) is 17.1. The molecule has 632 valence electrons. The number of aryl methyl sites for hydroxylation is 3. The van der Waals surface area contributed by atoms with E-state index in [0.717, 1.165) is 78.1 Å². The minimum absolute atomic E-state index is 0.0283. The topological polar surface area (TPSA) is 293 Å². The number of hydrogen-bond acceptors (Lipinski definition) is 20. The Balaban J connectivity index is 0.000000174. The number of carbonyl (C=O) groups is 3. The van der Waals surface area contributed by atoms with Gasteiger partial charge in [-0.1, -0.05) is 241 Å². The summed E-state index contributed by atoms with van der Waals surface area (Å²) in [6.45, 7) is 5.49. The molecule has 0 fully saturated rings. The van der Waals surface area contributed by atoms with Crippen molar-refractivity contribution in [2.75, 3.05) is 0 Å². The summed E-state index contributed by atoms with van der Waals surface area (Å²) in [7, 11) is 0. The lowest BCUT2D eigenvalue weighted by Crippen LogP contribution is -2.14. The van der Waals surface area contributed by atoms with Crippen molar-refractivity contribution in [1.29, 1.82) is 0 Å². The normalized spacial score (nSPS) is 10.9. The van der Waals surface area contributed by atoms with Crippen molar-refractivity contribution in [3.05, 3.63) is 395 Å². The fourth-order valence-corrected chi connectivity index (χ4v) is 19.3. The van der Waals surface area contributed by atoms with E-state index in [4.69, 9.17) is 110 Å². The minimum atomic E-state index is -4.46. The van der Waals surface area contributed by atoms with Gasteiger partial charge in [-0.3, -0.25) is 65.0 Å². The lowest BCUT2D eigenvalue weighted by molar-refractivity contribution is -0.388. The maximum atomic E-state index is 13.4. The van der Waals surface area contributed by atoms with Gasteiger partial charge in [0.15, 0.2) is 11.6 Å². The van der Waals surface area contributed by atoms with Gasteiger partial charge >= 0.3 is 6.18 Å². The van der Waals surface area contributed by atoms with Gasteiger partial charge in [0.05, 0.1) is 89.9 Å². The molecule has 0 aliphatic carbocycles. The van der Waals surface area contributed by atoms with Crippen LogP contribution in [0.5, 0.6) is 0 Å². The number of non-ortho nitro benzene ring substituents is 1. The van der Waals surface area contributed by atoms with Gasteiger partial charge in [-0.25, -0.2) is 0 Å². The number of nitrogens with zero attached hydrogens (tertiary/aromatic N) is 5. The average molecular weight is 1980 g/mol. The van der Waals surface area contributed by atoms with Crippen molar-refractivity contribution in [3.63, 3.8) is 0 Å². The number of nitrogens with two attached hydrogens (primary N) is 1. The standard InChI is InChI=1S/C28H18Cl2N2O5S.C20H12Cl2F3NO2S2.C19H12Cl3NO2S2.C19H12Cl2N2O4S2/c29-22-10-9-19(15-23(22)30)38-26-11-8-17(14-24(26)32(36)37)27(34)21-7-2-1-6-20(21)25(33)13-16-4-3-5-18(12-16)28(31)35;1-11-2-3-12(20(23,24)25)8-19(11)30-14-5-7-18(17(10-14)26(27)28)29-13-4-6-15(21)16(22)9-13;1-11-2-3-12(20)8-19(11)27-14-5-7-18(17(10-14)23(24)25)26-13-4-6-15(21)16(22)9-13;1-11-2-3-12(22(24)25)8-19(11)29-14-5-7-18(17(10-14)23(26)27)28-13-4-6-15(20)16(21)9-13/h1-12,14-15H,13H2,(H2,31,35);2-10H,1H3;2-10H,1H3;2-10H,1H3. The molecule has 2 N–H and O–H groups in total. The Hall–Kier alpha value is -9.48. The molecule has 0 spiro atoms. The van der Waals surface area contributed by atoms with E-state index in [-0.39, 0.29) is 67.8 Å². The van der Waals surface area contributed by atoms with Gasteiger partial charge < -0.3 is 5.73 Å². The molecule has 1 amide bonds. The zero-order chi connectivity index (χ0) is 90.1. The van der Waals surface area contributed by atoms with Gasteiger partial charge in [-0.15, -0.1) is 0 Å². The summed E-state index contributed by atoms with van der Waals surface area (Å²) in [5, 5.41) is 61.2. The summed E-state index contributed by atoms with van der Waals surface area (Å²) in [6.07, 6.45) is -4.53. The molecule has 13 rings (SSSR count). The fourth-order valence-electron chi connectivity index (χ4n) is 10.9. The van der Waals surface area contributed by atoms with Crippen LogP contribution in [0.3, 0.4) is 0 Å². The quantitative estimate of drug-likeness (QED) is 0.0316. The van der Waals surface area contributed by atoms with Crippen molar-refractivity contribution >= 4 is 233 Å². The maximum absolute atomic E-state index is 13.4. The number of amides is 1. The molecule has 38 heteroatoms. The number of primary amides is 1. The molecule has 13 aromatic rings. The molecular formula is C86H54Cl9F3N6O13S7. The largest absolute Gasteiger partial charge is 0.416 e. The van der Waals surface area contributed by atoms with Crippen LogP contribution in [0.25, 0.3) is 0 Å². The van der Waals surface area contributed by atoms with Gasteiger partial charge in [-0.2, -0.15) is 13.2 Å². The van der Waals surface area contributed by atoms with E-state index < -0.39 is 43.1 Å². The number of alkyl halides is 3. The summed E-state index contributed by atoms with van der Waals surface area (Å²) < 4.78 is 39.0. The SMILES string of the molecule is Cc1ccc(C(F)(F)F)cc1Sc1ccc(Sc2ccc(Cl)c(Cl)c2)c([N+](=O)[O-])c1.Cc1ccc(Cl)cc1Sc1ccc(Sc2ccc(Cl)c(Cl)c2)c([N+](=O)[O-])c1.Cc1ccc([N+](=O)[O-])cc1Sc1ccc(Sc2ccc(Cl)c(Cl)c2)c([N+](=O)[O-])c1.NC(=O)c1cccc(CC(=O)c2ccccc2C(=O)c2ccc(Sc3ccc(Cl)c(Cl)c3)c([N+](=O)[O-])c2)c1. The number of halogens is 12. The van der Waals surface area contributed by atoms with Crippen LogP contribution >= 0.6 is 187 Å². The number of ketones is 2. The molecule has 0 saturated heterocycles. The molecule has 0 aliphatic rings. The van der Waals surface area contributed by atoms with Crippen LogP contribution < -0.4 is 5.73 Å². The summed E-state index contributed by atoms with van der Waals surface area (Å²) >= 11 is 62.3. The highest BCUT2D eigenvalue weighted by Gasteiger charge is 2.32.